The largest absolute Gasteiger partial charge is 0.323 e. The molecule has 2 rings (SSSR count). The Morgan fingerprint density at radius 1 is 1.25 bits per heavy atom. The number of aryl methyl sites for hydroxylation is 1. The van der Waals surface area contributed by atoms with E-state index in [0.717, 1.165) is 29.4 Å². The van der Waals surface area contributed by atoms with Gasteiger partial charge in [-0.3, -0.25) is 4.79 Å². The normalized spacial score (nSPS) is 10.6. The third-order valence-electron chi connectivity index (χ3n) is 2.68. The molecular formula is C13H16N2O. The van der Waals surface area contributed by atoms with Crippen LogP contribution in [-0.2, 0) is 6.42 Å². The van der Waals surface area contributed by atoms with Crippen LogP contribution in [0.2, 0.25) is 0 Å². The maximum absolute atomic E-state index is 12.1. The van der Waals surface area contributed by atoms with Crippen LogP contribution in [0.5, 0.6) is 0 Å². The van der Waals surface area contributed by atoms with Gasteiger partial charge in [0, 0.05) is 17.5 Å². The lowest BCUT2D eigenvalue weighted by atomic mass is 10.1. The molecule has 0 aliphatic carbocycles. The van der Waals surface area contributed by atoms with Crippen molar-refractivity contribution in [3.05, 3.63) is 46.2 Å². The van der Waals surface area contributed by atoms with Crippen LogP contribution >= 0.6 is 0 Å². The molecule has 1 heterocycles. The molecule has 1 N–H and O–H groups in total. The second-order valence-corrected chi connectivity index (χ2v) is 3.73. The average Bonchev–Trinajstić information content (AvgIpc) is 2.32. The van der Waals surface area contributed by atoms with Crippen LogP contribution in [-0.4, -0.2) is 11.2 Å². The van der Waals surface area contributed by atoms with Gasteiger partial charge in [0.05, 0.1) is 5.52 Å². The van der Waals surface area contributed by atoms with Gasteiger partial charge in [-0.1, -0.05) is 25.1 Å². The molecule has 1 aromatic carbocycles. The molecule has 0 unspecified atom stereocenters. The number of benzene rings is 1. The maximum Gasteiger partial charge on any atom is 0.272 e. The Morgan fingerprint density at radius 2 is 2.00 bits per heavy atom. The summed E-state index contributed by atoms with van der Waals surface area (Å²) in [6.45, 7) is 4.72. The maximum atomic E-state index is 12.1. The van der Waals surface area contributed by atoms with Gasteiger partial charge >= 0.3 is 0 Å². The van der Waals surface area contributed by atoms with Crippen molar-refractivity contribution in [2.24, 2.45) is 0 Å². The number of nitrogens with one attached hydrogen (secondary N) is 1. The van der Waals surface area contributed by atoms with E-state index in [9.17, 15) is 4.79 Å². The Balaban J connectivity index is 2.80. The predicted molar refractivity (Wildman–Crippen MR) is 67.5 cm³/mol. The monoisotopic (exact) mass is 216 g/mol. The minimum absolute atomic E-state index is 0.0584. The van der Waals surface area contributed by atoms with E-state index in [-0.39, 0.29) is 5.56 Å². The van der Waals surface area contributed by atoms with Crippen LogP contribution in [0.15, 0.2) is 35.1 Å². The number of hydrogen-bond acceptors (Lipinski definition) is 2. The first-order valence-corrected chi connectivity index (χ1v) is 5.65. The van der Waals surface area contributed by atoms with E-state index in [4.69, 9.17) is 0 Å². The van der Waals surface area contributed by atoms with Crippen LogP contribution in [0.4, 0.5) is 0 Å². The van der Waals surface area contributed by atoms with Gasteiger partial charge in [0.2, 0.25) is 0 Å². The zero-order chi connectivity index (χ0) is 11.5. The van der Waals surface area contributed by atoms with E-state index in [1.165, 1.54) is 0 Å². The molecule has 0 saturated carbocycles. The van der Waals surface area contributed by atoms with Crippen molar-refractivity contribution in [2.45, 2.75) is 20.3 Å². The van der Waals surface area contributed by atoms with Gasteiger partial charge in [-0.25, -0.2) is 4.68 Å². The third-order valence-corrected chi connectivity index (χ3v) is 2.68. The number of rotatable bonds is 3. The molecule has 0 amide bonds. The Bertz CT molecular complexity index is 557. The van der Waals surface area contributed by atoms with Gasteiger partial charge in [-0.2, -0.15) is 0 Å². The Morgan fingerprint density at radius 3 is 2.69 bits per heavy atom. The van der Waals surface area contributed by atoms with Crippen molar-refractivity contribution >= 4 is 10.9 Å². The first-order chi connectivity index (χ1) is 7.77. The summed E-state index contributed by atoms with van der Waals surface area (Å²) >= 11 is 0. The summed E-state index contributed by atoms with van der Waals surface area (Å²) in [5.74, 6) is 0. The molecule has 0 aliphatic heterocycles. The second-order valence-electron chi connectivity index (χ2n) is 3.73. The van der Waals surface area contributed by atoms with Gasteiger partial charge < -0.3 is 5.43 Å². The standard InChI is InChI=1S/C13H16N2O/c1-3-10-9-11-7-5-6-8-12(11)15(13(10)16)14-4-2/h5-9,14H,3-4H2,1-2H3. The van der Waals surface area contributed by atoms with Crippen molar-refractivity contribution in [3.8, 4) is 0 Å². The smallest absolute Gasteiger partial charge is 0.272 e. The van der Waals surface area contributed by atoms with E-state index in [1.54, 1.807) is 4.68 Å². The predicted octanol–water partition coefficient (Wildman–Crippen LogP) is 2.13. The zero-order valence-corrected chi connectivity index (χ0v) is 9.66. The van der Waals surface area contributed by atoms with E-state index < -0.39 is 0 Å². The molecule has 0 bridgehead atoms. The molecule has 0 atom stereocenters. The number of pyridine rings is 1. The molecule has 16 heavy (non-hydrogen) atoms. The van der Waals surface area contributed by atoms with Crippen molar-refractivity contribution in [1.29, 1.82) is 0 Å². The molecule has 0 fully saturated rings. The number of hydrogen-bond donors (Lipinski definition) is 1. The second kappa shape index (κ2) is 4.39. The number of aromatic nitrogens is 1. The fourth-order valence-corrected chi connectivity index (χ4v) is 1.88. The summed E-state index contributed by atoms with van der Waals surface area (Å²) in [4.78, 5) is 12.1. The van der Waals surface area contributed by atoms with Crippen molar-refractivity contribution in [3.63, 3.8) is 0 Å². The lowest BCUT2D eigenvalue weighted by molar-refractivity contribution is 0.839. The Kier molecular flexibility index (Phi) is 2.95. The summed E-state index contributed by atoms with van der Waals surface area (Å²) in [6, 6.07) is 9.90. The lowest BCUT2D eigenvalue weighted by Crippen LogP contribution is -2.31. The SMILES string of the molecule is CCNn1c(=O)c(CC)cc2ccccc21. The zero-order valence-electron chi connectivity index (χ0n) is 9.66. The molecule has 0 radical (unpaired) electrons. The molecule has 1 aromatic heterocycles. The van der Waals surface area contributed by atoms with Gasteiger partial charge in [0.1, 0.15) is 0 Å². The number of nitrogens with zero attached hydrogens (tertiary/aromatic N) is 1. The van der Waals surface area contributed by atoms with E-state index in [0.29, 0.717) is 0 Å². The lowest BCUT2D eigenvalue weighted by Gasteiger charge is -2.12. The van der Waals surface area contributed by atoms with Gasteiger partial charge in [0.15, 0.2) is 0 Å². The summed E-state index contributed by atoms with van der Waals surface area (Å²) in [5, 5.41) is 1.10. The summed E-state index contributed by atoms with van der Waals surface area (Å²) in [5.41, 5.74) is 4.94. The molecule has 3 nitrogen and oxygen atoms in total. The van der Waals surface area contributed by atoms with E-state index in [2.05, 4.69) is 5.43 Å². The van der Waals surface area contributed by atoms with Gasteiger partial charge in [-0.15, -0.1) is 0 Å². The molecule has 0 spiro atoms. The van der Waals surface area contributed by atoms with Gasteiger partial charge in [0.25, 0.3) is 5.56 Å². The molecule has 3 heteroatoms. The number of para-hydroxylation sites is 1. The van der Waals surface area contributed by atoms with Crippen molar-refractivity contribution < 1.29 is 0 Å². The molecule has 2 aromatic rings. The first-order valence-electron chi connectivity index (χ1n) is 5.65. The Labute approximate surface area is 94.7 Å². The van der Waals surface area contributed by atoms with Gasteiger partial charge in [-0.05, 0) is 25.5 Å². The van der Waals surface area contributed by atoms with E-state index >= 15 is 0 Å². The molecule has 0 aliphatic rings. The minimum Gasteiger partial charge on any atom is -0.323 e. The van der Waals surface area contributed by atoms with Crippen molar-refractivity contribution in [1.82, 2.24) is 4.68 Å². The summed E-state index contributed by atoms with van der Waals surface area (Å²) < 4.78 is 1.65. The number of fused-ring (bicyclic) bond motifs is 1. The summed E-state index contributed by atoms with van der Waals surface area (Å²) in [6.07, 6.45) is 0.759. The highest BCUT2D eigenvalue weighted by Crippen LogP contribution is 2.12. The highest BCUT2D eigenvalue weighted by molar-refractivity contribution is 5.79. The highest BCUT2D eigenvalue weighted by atomic mass is 16.1. The summed E-state index contributed by atoms with van der Waals surface area (Å²) in [7, 11) is 0. The first kappa shape index (κ1) is 10.7. The van der Waals surface area contributed by atoms with Crippen LogP contribution in [0.25, 0.3) is 10.9 Å². The Hall–Kier alpha value is -1.77. The van der Waals surface area contributed by atoms with Crippen LogP contribution in [0, 0.1) is 0 Å². The van der Waals surface area contributed by atoms with Crippen LogP contribution < -0.4 is 11.0 Å². The molecule has 84 valence electrons. The topological polar surface area (TPSA) is 34.0 Å². The van der Waals surface area contributed by atoms with Crippen LogP contribution in [0.1, 0.15) is 19.4 Å². The fraction of sp³-hybridized carbons (Fsp3) is 0.308. The third kappa shape index (κ3) is 1.69. The van der Waals surface area contributed by atoms with Crippen molar-refractivity contribution in [2.75, 3.05) is 12.0 Å². The van der Waals surface area contributed by atoms with E-state index in [1.807, 2.05) is 44.2 Å². The molecular weight excluding hydrogens is 200 g/mol. The average molecular weight is 216 g/mol. The fourth-order valence-electron chi connectivity index (χ4n) is 1.88. The molecule has 0 saturated heterocycles. The quantitative estimate of drug-likeness (QED) is 0.852. The minimum atomic E-state index is 0.0584. The highest BCUT2D eigenvalue weighted by Gasteiger charge is 2.06. The van der Waals surface area contributed by atoms with Crippen LogP contribution in [0.3, 0.4) is 0 Å².